The summed E-state index contributed by atoms with van der Waals surface area (Å²) in [5, 5.41) is 3.16. The standard InChI is InChI=1S/C14H19NO2/c1-10(2)17-14(16)9-15-8-12-7-11-5-3-4-6-13(11)12/h3-6,10,12,15H,7-9H2,1-2H3. The summed E-state index contributed by atoms with van der Waals surface area (Å²) in [7, 11) is 0. The third kappa shape index (κ3) is 3.07. The Morgan fingerprint density at radius 2 is 2.24 bits per heavy atom. The molecule has 3 nitrogen and oxygen atoms in total. The zero-order chi connectivity index (χ0) is 12.3. The summed E-state index contributed by atoms with van der Waals surface area (Å²) in [5.41, 5.74) is 2.85. The number of hydrogen-bond acceptors (Lipinski definition) is 3. The Balaban J connectivity index is 1.70. The molecule has 0 spiro atoms. The molecule has 1 aliphatic rings. The highest BCUT2D eigenvalue weighted by Gasteiger charge is 2.24. The van der Waals surface area contributed by atoms with Crippen LogP contribution in [0, 0.1) is 0 Å². The van der Waals surface area contributed by atoms with Crippen LogP contribution < -0.4 is 5.32 Å². The lowest BCUT2D eigenvalue weighted by Crippen LogP contribution is -2.33. The van der Waals surface area contributed by atoms with Gasteiger partial charge in [-0.15, -0.1) is 0 Å². The van der Waals surface area contributed by atoms with E-state index in [-0.39, 0.29) is 12.1 Å². The van der Waals surface area contributed by atoms with Crippen molar-refractivity contribution in [3.8, 4) is 0 Å². The summed E-state index contributed by atoms with van der Waals surface area (Å²) in [6.07, 6.45) is 1.08. The average Bonchev–Trinajstić information content (AvgIpc) is 2.23. The van der Waals surface area contributed by atoms with E-state index < -0.39 is 0 Å². The number of hydrogen-bond donors (Lipinski definition) is 1. The Hall–Kier alpha value is -1.35. The van der Waals surface area contributed by atoms with E-state index >= 15 is 0 Å². The Bertz CT molecular complexity index is 401. The summed E-state index contributed by atoms with van der Waals surface area (Å²) in [4.78, 5) is 11.3. The lowest BCUT2D eigenvalue weighted by Gasteiger charge is -2.30. The van der Waals surface area contributed by atoms with E-state index in [9.17, 15) is 4.79 Å². The van der Waals surface area contributed by atoms with Gasteiger partial charge in [0.25, 0.3) is 0 Å². The fourth-order valence-corrected chi connectivity index (χ4v) is 2.20. The van der Waals surface area contributed by atoms with Gasteiger partial charge in [-0.25, -0.2) is 0 Å². The van der Waals surface area contributed by atoms with Gasteiger partial charge in [0, 0.05) is 12.5 Å². The van der Waals surface area contributed by atoms with Crippen molar-refractivity contribution in [1.29, 1.82) is 0 Å². The van der Waals surface area contributed by atoms with Crippen LogP contribution in [0.25, 0.3) is 0 Å². The number of benzene rings is 1. The molecule has 1 aromatic rings. The van der Waals surface area contributed by atoms with E-state index in [0.29, 0.717) is 12.5 Å². The zero-order valence-electron chi connectivity index (χ0n) is 10.4. The van der Waals surface area contributed by atoms with E-state index in [1.165, 1.54) is 11.1 Å². The maximum absolute atomic E-state index is 11.3. The smallest absolute Gasteiger partial charge is 0.320 e. The molecule has 1 atom stereocenters. The highest BCUT2D eigenvalue weighted by molar-refractivity contribution is 5.71. The minimum atomic E-state index is -0.174. The van der Waals surface area contributed by atoms with Gasteiger partial charge in [-0.3, -0.25) is 4.79 Å². The number of esters is 1. The van der Waals surface area contributed by atoms with Crippen molar-refractivity contribution in [3.05, 3.63) is 35.4 Å². The number of carbonyl (C=O) groups excluding carboxylic acids is 1. The molecule has 0 aliphatic heterocycles. The molecule has 0 radical (unpaired) electrons. The molecule has 92 valence electrons. The van der Waals surface area contributed by atoms with Gasteiger partial charge in [0.15, 0.2) is 0 Å². The predicted octanol–water partition coefficient (Wildman–Crippen LogP) is 1.87. The summed E-state index contributed by atoms with van der Waals surface area (Å²) < 4.78 is 5.05. The highest BCUT2D eigenvalue weighted by Crippen LogP contribution is 2.33. The molecular weight excluding hydrogens is 214 g/mol. The van der Waals surface area contributed by atoms with Crippen LogP contribution in [0.5, 0.6) is 0 Å². The van der Waals surface area contributed by atoms with Crippen molar-refractivity contribution in [3.63, 3.8) is 0 Å². The maximum atomic E-state index is 11.3. The van der Waals surface area contributed by atoms with Crippen LogP contribution in [0.1, 0.15) is 30.9 Å². The van der Waals surface area contributed by atoms with Crippen LogP contribution in [-0.2, 0) is 16.0 Å². The van der Waals surface area contributed by atoms with Crippen molar-refractivity contribution in [2.45, 2.75) is 32.3 Å². The van der Waals surface area contributed by atoms with E-state index in [1.807, 2.05) is 13.8 Å². The molecule has 2 rings (SSSR count). The van der Waals surface area contributed by atoms with Crippen molar-refractivity contribution >= 4 is 5.97 Å². The molecule has 1 aliphatic carbocycles. The number of nitrogens with one attached hydrogen (secondary N) is 1. The maximum Gasteiger partial charge on any atom is 0.320 e. The first-order valence-electron chi connectivity index (χ1n) is 6.15. The summed E-state index contributed by atoms with van der Waals surface area (Å²) in [5.74, 6) is 0.380. The molecule has 17 heavy (non-hydrogen) atoms. The molecular formula is C14H19NO2. The van der Waals surface area contributed by atoms with Gasteiger partial charge in [0.05, 0.1) is 12.6 Å². The Morgan fingerprint density at radius 3 is 2.94 bits per heavy atom. The average molecular weight is 233 g/mol. The lowest BCUT2D eigenvalue weighted by atomic mass is 9.78. The second-order valence-corrected chi connectivity index (χ2v) is 4.77. The van der Waals surface area contributed by atoms with Gasteiger partial charge in [-0.1, -0.05) is 24.3 Å². The van der Waals surface area contributed by atoms with E-state index in [0.717, 1.165) is 13.0 Å². The van der Waals surface area contributed by atoms with Crippen molar-refractivity contribution in [1.82, 2.24) is 5.32 Å². The molecule has 1 N–H and O–H groups in total. The van der Waals surface area contributed by atoms with E-state index in [4.69, 9.17) is 4.74 Å². The zero-order valence-corrected chi connectivity index (χ0v) is 10.4. The van der Waals surface area contributed by atoms with Crippen molar-refractivity contribution in [2.24, 2.45) is 0 Å². The molecule has 0 fully saturated rings. The first-order valence-corrected chi connectivity index (χ1v) is 6.15. The van der Waals surface area contributed by atoms with E-state index in [2.05, 4.69) is 29.6 Å². The lowest BCUT2D eigenvalue weighted by molar-refractivity contribution is -0.146. The minimum Gasteiger partial charge on any atom is -0.462 e. The van der Waals surface area contributed by atoms with Gasteiger partial charge in [-0.05, 0) is 31.4 Å². The number of ether oxygens (including phenoxy) is 1. The second-order valence-electron chi connectivity index (χ2n) is 4.77. The Morgan fingerprint density at radius 1 is 1.47 bits per heavy atom. The van der Waals surface area contributed by atoms with Crippen LogP contribution in [0.2, 0.25) is 0 Å². The van der Waals surface area contributed by atoms with Gasteiger partial charge >= 0.3 is 5.97 Å². The fraction of sp³-hybridized carbons (Fsp3) is 0.500. The number of rotatable bonds is 5. The first kappa shape index (κ1) is 12.1. The normalized spacial score (nSPS) is 17.5. The highest BCUT2D eigenvalue weighted by atomic mass is 16.5. The fourth-order valence-electron chi connectivity index (χ4n) is 2.20. The molecule has 0 aromatic heterocycles. The quantitative estimate of drug-likeness (QED) is 0.789. The Labute approximate surface area is 102 Å². The van der Waals surface area contributed by atoms with Crippen LogP contribution >= 0.6 is 0 Å². The second kappa shape index (κ2) is 5.32. The topological polar surface area (TPSA) is 38.3 Å². The SMILES string of the molecule is CC(C)OC(=O)CNCC1Cc2ccccc21. The molecule has 3 heteroatoms. The van der Waals surface area contributed by atoms with Gasteiger partial charge in [0.2, 0.25) is 0 Å². The summed E-state index contributed by atoms with van der Waals surface area (Å²) >= 11 is 0. The van der Waals surface area contributed by atoms with Crippen LogP contribution in [0.3, 0.4) is 0 Å². The van der Waals surface area contributed by atoms with Gasteiger partial charge in [-0.2, -0.15) is 0 Å². The van der Waals surface area contributed by atoms with Crippen molar-refractivity contribution < 1.29 is 9.53 Å². The predicted molar refractivity (Wildman–Crippen MR) is 67.0 cm³/mol. The van der Waals surface area contributed by atoms with Crippen LogP contribution in [-0.4, -0.2) is 25.2 Å². The monoisotopic (exact) mass is 233 g/mol. The first-order chi connectivity index (χ1) is 8.16. The minimum absolute atomic E-state index is 0.0336. The van der Waals surface area contributed by atoms with E-state index in [1.54, 1.807) is 0 Å². The molecule has 1 unspecified atom stereocenters. The third-order valence-electron chi connectivity index (χ3n) is 2.99. The summed E-state index contributed by atoms with van der Waals surface area (Å²) in [6, 6.07) is 8.47. The third-order valence-corrected chi connectivity index (χ3v) is 2.99. The number of fused-ring (bicyclic) bond motifs is 1. The van der Waals surface area contributed by atoms with Gasteiger partial charge in [0.1, 0.15) is 0 Å². The number of carbonyl (C=O) groups is 1. The largest absolute Gasteiger partial charge is 0.462 e. The molecule has 0 amide bonds. The molecule has 0 saturated heterocycles. The molecule has 0 bridgehead atoms. The Kier molecular flexibility index (Phi) is 3.79. The van der Waals surface area contributed by atoms with Crippen molar-refractivity contribution in [2.75, 3.05) is 13.1 Å². The molecule has 0 heterocycles. The molecule has 1 aromatic carbocycles. The van der Waals surface area contributed by atoms with Crippen LogP contribution in [0.4, 0.5) is 0 Å². The van der Waals surface area contributed by atoms with Gasteiger partial charge < -0.3 is 10.1 Å². The van der Waals surface area contributed by atoms with Crippen LogP contribution in [0.15, 0.2) is 24.3 Å². The summed E-state index contributed by atoms with van der Waals surface area (Å²) in [6.45, 7) is 4.88. The molecule has 0 saturated carbocycles.